The van der Waals surface area contributed by atoms with Crippen LogP contribution < -0.4 is 31.9 Å². The molecular formula is C58H68I3N4O14S2V. The first-order chi connectivity index (χ1) is 39.2. The molecule has 6 rings (SSSR count). The number of carboxylic acid groups (broad SMARTS) is 1. The van der Waals surface area contributed by atoms with Crippen molar-refractivity contribution in [1.29, 1.82) is 0 Å². The number of carbonyl (C=O) groups excluding carboxylic acids is 4. The standard InChI is InChI=1S/2C21H27NO5.2C8H7NO2S.3HI.V/c2*1-3-21(22-2,18-7-5-4-6-8-18)14-27-20(26)15-9-16(11-23)19(13-25)17(10-15)12-24;9-8(12)6-1-3-7(4-2-6)11-5-10;9-7(12)5-1-3-6(4-2-5)8(10)11;;;;/h2*4-10,22-25H,3,11-14H2,1-2H3;1-5H,(H2,9,12);1-4H,(H2,9,12)(H,10,11);3*1H;/q;;;;;;;+3/p-3. The summed E-state index contributed by atoms with van der Waals surface area (Å²) in [5.41, 5.74) is 16.3. The SMILES string of the molecule is CCC(COC(=O)c1cc(CO)c(CO)c(CO)c1)(NC)c1ccccc1.CCC(COC(=O)c1cc(CO)c(CO)c(CO)c1)([NH2+]C)c1ccccc1.NC(=S)c1ccc(C(=O)[O-])cc1.NC(=S)c1ccc(OC=O)cc1.[I][V]([I])[I]. The van der Waals surface area contributed by atoms with Gasteiger partial charge in [0, 0.05) is 23.1 Å². The zero-order valence-electron chi connectivity index (χ0n) is 45.4. The molecule has 2 unspecified atom stereocenters. The summed E-state index contributed by atoms with van der Waals surface area (Å²) in [7, 11) is 3.78. The average Bonchev–Trinajstić information content (AvgIpc) is 3.52. The van der Waals surface area contributed by atoms with Crippen molar-refractivity contribution in [3.05, 3.63) is 206 Å². The Bertz CT molecular complexity index is 2750. The number of benzene rings is 6. The number of rotatable bonds is 23. The van der Waals surface area contributed by atoms with Gasteiger partial charge in [-0.3, -0.25) is 4.79 Å². The van der Waals surface area contributed by atoms with E-state index in [1.165, 1.54) is 36.4 Å². The van der Waals surface area contributed by atoms with E-state index in [4.69, 9.17) is 33.2 Å². The number of hydrogen-bond donors (Lipinski definition) is 10. The number of aliphatic hydroxyl groups excluding tert-OH is 6. The molecule has 0 heterocycles. The second-order valence-corrected chi connectivity index (χ2v) is 53.6. The van der Waals surface area contributed by atoms with Crippen molar-refractivity contribution in [3.63, 3.8) is 0 Å². The minimum atomic E-state index is -1.20. The van der Waals surface area contributed by atoms with Crippen LogP contribution in [0.5, 0.6) is 5.75 Å². The van der Waals surface area contributed by atoms with Crippen molar-refractivity contribution in [2.45, 2.75) is 77.4 Å². The zero-order chi connectivity index (χ0) is 61.4. The third kappa shape index (κ3) is 23.1. The van der Waals surface area contributed by atoms with Crippen molar-refractivity contribution in [1.82, 2.24) is 5.32 Å². The first-order valence-electron chi connectivity index (χ1n) is 25.0. The fourth-order valence-corrected chi connectivity index (χ4v) is 8.30. The second kappa shape index (κ2) is 39.1. The van der Waals surface area contributed by atoms with Crippen LogP contribution in [-0.4, -0.2) is 92.3 Å². The molecule has 0 fully saturated rings. The molecule has 0 saturated heterocycles. The summed E-state index contributed by atoms with van der Waals surface area (Å²) >= 11 is 16.8. The van der Waals surface area contributed by atoms with Crippen LogP contribution in [-0.2, 0) is 69.9 Å². The van der Waals surface area contributed by atoms with Gasteiger partial charge in [-0.2, -0.15) is 0 Å². The van der Waals surface area contributed by atoms with Crippen LogP contribution in [0.2, 0.25) is 0 Å². The maximum absolute atomic E-state index is 12.6. The quantitative estimate of drug-likeness (QED) is 0.0155. The number of aliphatic hydroxyl groups is 6. The number of ether oxygens (including phenoxy) is 3. The van der Waals surface area contributed by atoms with Crippen molar-refractivity contribution in [2.24, 2.45) is 11.5 Å². The Hall–Kier alpha value is -4.57. The number of nitrogens with two attached hydrogens (primary N) is 3. The van der Waals surface area contributed by atoms with Crippen LogP contribution in [0, 0.1) is 0 Å². The average molecular weight is 1540 g/mol. The molecule has 2 atom stereocenters. The number of hydrogen-bond acceptors (Lipinski definition) is 17. The van der Waals surface area contributed by atoms with Gasteiger partial charge in [-0.15, -0.1) is 0 Å². The third-order valence-electron chi connectivity index (χ3n) is 12.9. The number of carbonyl (C=O) groups is 4. The van der Waals surface area contributed by atoms with E-state index in [1.807, 2.05) is 93.9 Å². The number of esters is 2. The number of likely N-dealkylation sites (N-methyl/N-ethyl adjacent to an activating group) is 2. The molecule has 0 aliphatic rings. The predicted molar refractivity (Wildman–Crippen MR) is 340 cm³/mol. The van der Waals surface area contributed by atoms with Crippen LogP contribution in [0.4, 0.5) is 0 Å². The molecule has 18 nitrogen and oxygen atoms in total. The van der Waals surface area contributed by atoms with Gasteiger partial charge >= 0.3 is 76.8 Å². The summed E-state index contributed by atoms with van der Waals surface area (Å²) in [5, 5.41) is 72.5. The van der Waals surface area contributed by atoms with Gasteiger partial charge in [0.15, 0.2) is 12.1 Å². The van der Waals surface area contributed by atoms with E-state index in [0.717, 1.165) is 23.1 Å². The molecule has 0 aromatic heterocycles. The summed E-state index contributed by atoms with van der Waals surface area (Å²) in [6.45, 7) is 2.74. The summed E-state index contributed by atoms with van der Waals surface area (Å²) < 4.78 is 15.8. The van der Waals surface area contributed by atoms with Gasteiger partial charge in [0.2, 0.25) is 0 Å². The molecule has 82 heavy (non-hydrogen) atoms. The zero-order valence-corrected chi connectivity index (χ0v) is 54.9. The molecule has 6 aromatic rings. The Kier molecular flexibility index (Phi) is 35.1. The molecule has 0 aliphatic heterocycles. The Morgan fingerprint density at radius 1 is 0.598 bits per heavy atom. The molecule has 0 aliphatic carbocycles. The number of halogens is 3. The van der Waals surface area contributed by atoms with Crippen LogP contribution in [0.15, 0.2) is 133 Å². The Labute approximate surface area is 526 Å². The van der Waals surface area contributed by atoms with Crippen LogP contribution >= 0.6 is 84.4 Å². The van der Waals surface area contributed by atoms with Gasteiger partial charge in [-0.05, 0) is 107 Å². The minimum absolute atomic E-state index is 0.120. The summed E-state index contributed by atoms with van der Waals surface area (Å²) in [6, 6.07) is 38.2. The van der Waals surface area contributed by atoms with Crippen molar-refractivity contribution in [3.8, 4) is 5.75 Å². The van der Waals surface area contributed by atoms with E-state index in [-0.39, 0.29) is 85.0 Å². The Balaban J connectivity index is 0.000000387. The first kappa shape index (κ1) is 73.5. The van der Waals surface area contributed by atoms with E-state index in [0.29, 0.717) is 62.6 Å². The fraction of sp³-hybridized carbons (Fsp3) is 0.276. The molecule has 0 spiro atoms. The maximum atomic E-state index is 12.6. The normalized spacial score (nSPS) is 11.8. The van der Waals surface area contributed by atoms with Crippen molar-refractivity contribution in [2.75, 3.05) is 27.3 Å². The van der Waals surface area contributed by atoms with E-state index in [9.17, 15) is 54.9 Å². The summed E-state index contributed by atoms with van der Waals surface area (Å²) in [6.07, 6.45) is 1.49. The van der Waals surface area contributed by atoms with Crippen LogP contribution in [0.1, 0.15) is 113 Å². The fourth-order valence-electron chi connectivity index (χ4n) is 8.03. The Morgan fingerprint density at radius 3 is 1.27 bits per heavy atom. The number of thiocarbonyl (C=S) groups is 2. The molecule has 6 aromatic carbocycles. The molecule has 0 amide bonds. The molecule has 442 valence electrons. The van der Waals surface area contributed by atoms with Crippen LogP contribution in [0.25, 0.3) is 0 Å². The topological polar surface area (TPSA) is 321 Å². The molecule has 13 N–H and O–H groups in total. The third-order valence-corrected chi connectivity index (χ3v) is 13.4. The van der Waals surface area contributed by atoms with Gasteiger partial charge in [-0.1, -0.05) is 123 Å². The number of aromatic carboxylic acids is 1. The van der Waals surface area contributed by atoms with E-state index in [2.05, 4.69) is 82.2 Å². The number of nitrogens with one attached hydrogen (secondary N) is 1. The monoisotopic (exact) mass is 1540 g/mol. The van der Waals surface area contributed by atoms with E-state index >= 15 is 0 Å². The van der Waals surface area contributed by atoms with Gasteiger partial charge in [-0.25, -0.2) is 9.59 Å². The van der Waals surface area contributed by atoms with Crippen molar-refractivity contribution < 1.29 is 79.4 Å². The van der Waals surface area contributed by atoms with E-state index < -0.39 is 23.4 Å². The molecule has 24 heteroatoms. The molecule has 0 saturated carbocycles. The van der Waals surface area contributed by atoms with Gasteiger partial charge in [0.25, 0.3) is 6.47 Å². The number of quaternary nitrogens is 1. The molecular weight excluding hydrogens is 1470 g/mol. The molecule has 0 radical (unpaired) electrons. The first-order valence-corrected chi connectivity index (χ1v) is 39.3. The summed E-state index contributed by atoms with van der Waals surface area (Å²) in [4.78, 5) is 45.8. The van der Waals surface area contributed by atoms with Gasteiger partial charge in [0.05, 0.1) is 69.3 Å². The van der Waals surface area contributed by atoms with Crippen LogP contribution in [0.3, 0.4) is 0 Å². The van der Waals surface area contributed by atoms with Crippen molar-refractivity contribution >= 4 is 119 Å². The predicted octanol–water partition coefficient (Wildman–Crippen LogP) is 5.86. The van der Waals surface area contributed by atoms with Gasteiger partial charge in [0.1, 0.15) is 22.3 Å². The summed E-state index contributed by atoms with van der Waals surface area (Å²) in [5.74, 6) is -1.80. The number of carboxylic acids is 1. The second-order valence-electron chi connectivity index (χ2n) is 17.4. The van der Waals surface area contributed by atoms with Gasteiger partial charge < -0.3 is 76.9 Å². The molecule has 0 bridgehead atoms. The Morgan fingerprint density at radius 2 is 0.963 bits per heavy atom. The van der Waals surface area contributed by atoms with E-state index in [1.54, 1.807) is 36.4 Å².